The Hall–Kier alpha value is -0.450. The molecule has 0 aliphatic carbocycles. The van der Waals surface area contributed by atoms with Crippen LogP contribution in [-0.2, 0) is 0 Å². The molecular weight excluding hydrogens is 160 g/mol. The highest BCUT2D eigenvalue weighted by molar-refractivity contribution is 7.09. The zero-order valence-corrected chi connectivity index (χ0v) is 7.43. The Morgan fingerprint density at radius 3 is 2.73 bits per heavy atom. The first kappa shape index (κ1) is 8.64. The van der Waals surface area contributed by atoms with Crippen molar-refractivity contribution < 1.29 is 5.11 Å². The number of nitrogens with zero attached hydrogens (tertiary/aromatic N) is 1. The van der Waals surface area contributed by atoms with Crippen molar-refractivity contribution in [2.75, 3.05) is 0 Å². The zero-order chi connectivity index (χ0) is 8.43. The number of rotatable bonds is 2. The standard InChI is InChI=1S/C7H12N2OS/c1-4(10)7(8)6-3-11-5(2)9-6/h3-4,7,10H,8H2,1-2H3/t4-,7-/m0/s1. The molecule has 1 heterocycles. The number of aromatic nitrogens is 1. The molecule has 1 aromatic rings. The highest BCUT2D eigenvalue weighted by Gasteiger charge is 2.13. The predicted octanol–water partition coefficient (Wildman–Crippen LogP) is 0.832. The summed E-state index contributed by atoms with van der Waals surface area (Å²) in [4.78, 5) is 4.17. The third-order valence-electron chi connectivity index (χ3n) is 1.50. The lowest BCUT2D eigenvalue weighted by Gasteiger charge is -2.10. The molecule has 0 radical (unpaired) electrons. The van der Waals surface area contributed by atoms with Crippen LogP contribution in [0.5, 0.6) is 0 Å². The number of aryl methyl sites for hydroxylation is 1. The van der Waals surface area contributed by atoms with E-state index in [0.29, 0.717) is 0 Å². The van der Waals surface area contributed by atoms with Crippen LogP contribution in [0, 0.1) is 6.92 Å². The van der Waals surface area contributed by atoms with Gasteiger partial charge in [0, 0.05) is 5.38 Å². The van der Waals surface area contributed by atoms with E-state index >= 15 is 0 Å². The maximum absolute atomic E-state index is 9.12. The normalized spacial score (nSPS) is 16.4. The van der Waals surface area contributed by atoms with Crippen LogP contribution in [0.3, 0.4) is 0 Å². The minimum Gasteiger partial charge on any atom is -0.391 e. The average Bonchev–Trinajstić information content (AvgIpc) is 2.34. The highest BCUT2D eigenvalue weighted by atomic mass is 32.1. The maximum atomic E-state index is 9.12. The van der Waals surface area contributed by atoms with Gasteiger partial charge < -0.3 is 10.8 Å². The number of aliphatic hydroxyl groups excluding tert-OH is 1. The minimum absolute atomic E-state index is 0.347. The fraction of sp³-hybridized carbons (Fsp3) is 0.571. The summed E-state index contributed by atoms with van der Waals surface area (Å²) in [6.07, 6.45) is -0.531. The summed E-state index contributed by atoms with van der Waals surface area (Å²) >= 11 is 1.55. The second-order valence-corrected chi connectivity index (χ2v) is 3.62. The van der Waals surface area contributed by atoms with E-state index in [4.69, 9.17) is 10.8 Å². The molecule has 62 valence electrons. The first-order valence-corrected chi connectivity index (χ1v) is 4.35. The van der Waals surface area contributed by atoms with Gasteiger partial charge in [-0.25, -0.2) is 4.98 Å². The lowest BCUT2D eigenvalue weighted by molar-refractivity contribution is 0.163. The molecule has 2 atom stereocenters. The van der Waals surface area contributed by atoms with Crippen molar-refractivity contribution in [1.82, 2.24) is 4.98 Å². The largest absolute Gasteiger partial charge is 0.391 e. The van der Waals surface area contributed by atoms with Gasteiger partial charge in [0.05, 0.1) is 22.8 Å². The van der Waals surface area contributed by atoms with Crippen LogP contribution in [-0.4, -0.2) is 16.2 Å². The first-order valence-electron chi connectivity index (χ1n) is 3.47. The van der Waals surface area contributed by atoms with E-state index in [1.165, 1.54) is 0 Å². The van der Waals surface area contributed by atoms with Gasteiger partial charge in [0.1, 0.15) is 0 Å². The van der Waals surface area contributed by atoms with Crippen molar-refractivity contribution in [2.24, 2.45) is 5.73 Å². The van der Waals surface area contributed by atoms with E-state index in [1.54, 1.807) is 18.3 Å². The van der Waals surface area contributed by atoms with Crippen LogP contribution in [0.15, 0.2) is 5.38 Å². The lowest BCUT2D eigenvalue weighted by atomic mass is 10.1. The Morgan fingerprint density at radius 1 is 1.73 bits per heavy atom. The van der Waals surface area contributed by atoms with Crippen LogP contribution < -0.4 is 5.73 Å². The highest BCUT2D eigenvalue weighted by Crippen LogP contribution is 2.16. The van der Waals surface area contributed by atoms with Crippen LogP contribution in [0.1, 0.15) is 23.7 Å². The minimum atomic E-state index is -0.531. The maximum Gasteiger partial charge on any atom is 0.0898 e. The number of thiazole rings is 1. The summed E-state index contributed by atoms with van der Waals surface area (Å²) < 4.78 is 0. The van der Waals surface area contributed by atoms with E-state index in [-0.39, 0.29) is 6.04 Å². The van der Waals surface area contributed by atoms with Crippen molar-refractivity contribution in [3.8, 4) is 0 Å². The quantitative estimate of drug-likeness (QED) is 0.694. The molecule has 0 saturated heterocycles. The molecule has 11 heavy (non-hydrogen) atoms. The summed E-state index contributed by atoms with van der Waals surface area (Å²) in [5, 5.41) is 12.0. The molecule has 3 N–H and O–H groups in total. The molecule has 0 amide bonds. The lowest BCUT2D eigenvalue weighted by Crippen LogP contribution is -2.23. The van der Waals surface area contributed by atoms with Gasteiger partial charge in [-0.2, -0.15) is 0 Å². The third kappa shape index (κ3) is 1.99. The third-order valence-corrected chi connectivity index (χ3v) is 2.29. The van der Waals surface area contributed by atoms with Crippen molar-refractivity contribution in [2.45, 2.75) is 26.0 Å². The molecular formula is C7H12N2OS. The number of hydrogen-bond donors (Lipinski definition) is 2. The van der Waals surface area contributed by atoms with E-state index in [0.717, 1.165) is 10.7 Å². The van der Waals surface area contributed by atoms with Crippen LogP contribution in [0.25, 0.3) is 0 Å². The monoisotopic (exact) mass is 172 g/mol. The molecule has 0 aliphatic heterocycles. The molecule has 3 nitrogen and oxygen atoms in total. The van der Waals surface area contributed by atoms with Crippen molar-refractivity contribution in [3.63, 3.8) is 0 Å². The average molecular weight is 172 g/mol. The Bertz CT molecular complexity index is 234. The van der Waals surface area contributed by atoms with Gasteiger partial charge >= 0.3 is 0 Å². The molecule has 0 aromatic carbocycles. The van der Waals surface area contributed by atoms with E-state index in [9.17, 15) is 0 Å². The number of aliphatic hydroxyl groups is 1. The summed E-state index contributed by atoms with van der Waals surface area (Å²) in [6, 6.07) is -0.347. The van der Waals surface area contributed by atoms with E-state index in [2.05, 4.69) is 4.98 Å². The molecule has 0 aliphatic rings. The molecule has 1 aromatic heterocycles. The molecule has 1 rings (SSSR count). The van der Waals surface area contributed by atoms with Gasteiger partial charge in [-0.3, -0.25) is 0 Å². The molecule has 0 unspecified atom stereocenters. The smallest absolute Gasteiger partial charge is 0.0898 e. The topological polar surface area (TPSA) is 59.1 Å². The number of nitrogens with two attached hydrogens (primary N) is 1. The van der Waals surface area contributed by atoms with Gasteiger partial charge in [0.15, 0.2) is 0 Å². The van der Waals surface area contributed by atoms with Crippen molar-refractivity contribution >= 4 is 11.3 Å². The van der Waals surface area contributed by atoms with E-state index in [1.807, 2.05) is 12.3 Å². The van der Waals surface area contributed by atoms with E-state index < -0.39 is 6.10 Å². The van der Waals surface area contributed by atoms with Gasteiger partial charge in [-0.05, 0) is 13.8 Å². The van der Waals surface area contributed by atoms with Crippen LogP contribution in [0.4, 0.5) is 0 Å². The molecule has 4 heteroatoms. The molecule has 0 fully saturated rings. The Labute approximate surface area is 69.9 Å². The second-order valence-electron chi connectivity index (χ2n) is 2.56. The van der Waals surface area contributed by atoms with Crippen LogP contribution >= 0.6 is 11.3 Å². The molecule has 0 bridgehead atoms. The van der Waals surface area contributed by atoms with Crippen LogP contribution in [0.2, 0.25) is 0 Å². The summed E-state index contributed by atoms with van der Waals surface area (Å²) in [7, 11) is 0. The van der Waals surface area contributed by atoms with Gasteiger partial charge in [0.25, 0.3) is 0 Å². The SMILES string of the molecule is Cc1nc([C@@H](N)[C@H](C)O)cs1. The van der Waals surface area contributed by atoms with Gasteiger partial charge in [0.2, 0.25) is 0 Å². The fourth-order valence-corrected chi connectivity index (χ4v) is 1.44. The van der Waals surface area contributed by atoms with Crippen molar-refractivity contribution in [1.29, 1.82) is 0 Å². The Morgan fingerprint density at radius 2 is 2.36 bits per heavy atom. The summed E-state index contributed by atoms with van der Waals surface area (Å²) in [5.41, 5.74) is 6.43. The second kappa shape index (κ2) is 3.30. The summed E-state index contributed by atoms with van der Waals surface area (Å²) in [6.45, 7) is 3.59. The Kier molecular flexibility index (Phi) is 2.59. The van der Waals surface area contributed by atoms with Gasteiger partial charge in [-0.1, -0.05) is 0 Å². The zero-order valence-electron chi connectivity index (χ0n) is 6.61. The summed E-state index contributed by atoms with van der Waals surface area (Å²) in [5.74, 6) is 0. The fourth-order valence-electron chi connectivity index (χ4n) is 0.780. The van der Waals surface area contributed by atoms with Crippen molar-refractivity contribution in [3.05, 3.63) is 16.1 Å². The van der Waals surface area contributed by atoms with Gasteiger partial charge in [-0.15, -0.1) is 11.3 Å². The molecule has 0 spiro atoms. The number of hydrogen-bond acceptors (Lipinski definition) is 4. The first-order chi connectivity index (χ1) is 5.11. The predicted molar refractivity (Wildman–Crippen MR) is 45.5 cm³/mol. The molecule has 0 saturated carbocycles. The Balaban J connectivity index is 2.76.